The van der Waals surface area contributed by atoms with Gasteiger partial charge in [0.25, 0.3) is 0 Å². The predicted molar refractivity (Wildman–Crippen MR) is 78.0 cm³/mol. The maximum Gasteiger partial charge on any atom is 0.0377 e. The molecule has 3 saturated heterocycles. The molecule has 3 atom stereocenters. The van der Waals surface area contributed by atoms with Crippen LogP contribution in [0.4, 0.5) is 0 Å². The van der Waals surface area contributed by atoms with Gasteiger partial charge in [0.2, 0.25) is 0 Å². The van der Waals surface area contributed by atoms with Crippen molar-refractivity contribution in [3.05, 3.63) is 0 Å². The fourth-order valence-electron chi connectivity index (χ4n) is 3.72. The molecule has 106 valence electrons. The second-order valence-electron chi connectivity index (χ2n) is 6.20. The topological polar surface area (TPSA) is 18.5 Å². The van der Waals surface area contributed by atoms with Gasteiger partial charge in [-0.25, -0.2) is 0 Å². The first-order valence-electron chi connectivity index (χ1n) is 7.94. The van der Waals surface area contributed by atoms with Crippen molar-refractivity contribution < 1.29 is 0 Å². The summed E-state index contributed by atoms with van der Waals surface area (Å²) in [5.74, 6) is 0.857. The highest BCUT2D eigenvalue weighted by molar-refractivity contribution is 4.95. The van der Waals surface area contributed by atoms with E-state index in [1.807, 2.05) is 0 Å². The highest BCUT2D eigenvalue weighted by Crippen LogP contribution is 2.23. The van der Waals surface area contributed by atoms with Gasteiger partial charge in [0, 0.05) is 44.8 Å². The monoisotopic (exact) mass is 253 g/mol. The molecule has 2 bridgehead atoms. The van der Waals surface area contributed by atoms with Crippen molar-refractivity contribution in [2.45, 2.75) is 52.1 Å². The lowest BCUT2D eigenvalue weighted by molar-refractivity contribution is -0.00649. The van der Waals surface area contributed by atoms with E-state index in [4.69, 9.17) is 0 Å². The molecule has 3 nitrogen and oxygen atoms in total. The molecule has 3 heterocycles. The molecule has 3 aliphatic heterocycles. The predicted octanol–water partition coefficient (Wildman–Crippen LogP) is 1.79. The molecule has 0 saturated carbocycles. The molecule has 0 amide bonds. The van der Waals surface area contributed by atoms with Crippen LogP contribution < -0.4 is 5.32 Å². The van der Waals surface area contributed by atoms with Crippen molar-refractivity contribution in [2.75, 3.05) is 39.3 Å². The summed E-state index contributed by atoms with van der Waals surface area (Å²) < 4.78 is 0. The second kappa shape index (κ2) is 6.88. The van der Waals surface area contributed by atoms with Crippen molar-refractivity contribution in [1.82, 2.24) is 15.1 Å². The molecule has 1 N–H and O–H groups in total. The van der Waals surface area contributed by atoms with Gasteiger partial charge in [-0.2, -0.15) is 0 Å². The molecule has 0 radical (unpaired) electrons. The summed E-state index contributed by atoms with van der Waals surface area (Å²) >= 11 is 0. The van der Waals surface area contributed by atoms with Crippen molar-refractivity contribution >= 4 is 0 Å². The molecule has 0 aromatic rings. The Hall–Kier alpha value is -0.120. The zero-order valence-electron chi connectivity index (χ0n) is 12.5. The number of likely N-dealkylation sites (N-methyl/N-ethyl adjacent to an activating group) is 1. The van der Waals surface area contributed by atoms with Gasteiger partial charge in [0.1, 0.15) is 0 Å². The van der Waals surface area contributed by atoms with Crippen molar-refractivity contribution in [3.8, 4) is 0 Å². The highest BCUT2D eigenvalue weighted by atomic mass is 15.4. The Bertz CT molecular complexity index is 236. The molecular formula is C15H31N3. The summed E-state index contributed by atoms with van der Waals surface area (Å²) in [4.78, 5) is 5.38. The number of hydrogen-bond donors (Lipinski definition) is 1. The van der Waals surface area contributed by atoms with Gasteiger partial charge in [0.15, 0.2) is 0 Å². The van der Waals surface area contributed by atoms with E-state index < -0.39 is 0 Å². The minimum atomic E-state index is 0.694. The van der Waals surface area contributed by atoms with Crippen LogP contribution in [0.15, 0.2) is 0 Å². The third-order valence-corrected chi connectivity index (χ3v) is 4.69. The van der Waals surface area contributed by atoms with Crippen LogP contribution in [0.5, 0.6) is 0 Å². The minimum Gasteiger partial charge on any atom is -0.313 e. The normalized spacial score (nSPS) is 34.5. The SMILES string of the molecule is CCCC(C)CC(NCC)C1CN2CCN1CC2. The lowest BCUT2D eigenvalue weighted by atomic mass is 9.90. The smallest absolute Gasteiger partial charge is 0.0377 e. The van der Waals surface area contributed by atoms with Crippen LogP contribution in [0.1, 0.15) is 40.0 Å². The Morgan fingerprint density at radius 3 is 2.39 bits per heavy atom. The molecule has 3 heteroatoms. The van der Waals surface area contributed by atoms with E-state index in [1.165, 1.54) is 52.0 Å². The summed E-state index contributed by atoms with van der Waals surface area (Å²) in [5, 5.41) is 3.76. The number of fused-ring (bicyclic) bond motifs is 3. The maximum absolute atomic E-state index is 3.76. The summed E-state index contributed by atoms with van der Waals surface area (Å²) in [6.45, 7) is 14.5. The molecule has 0 aromatic carbocycles. The van der Waals surface area contributed by atoms with E-state index in [0.29, 0.717) is 6.04 Å². The average Bonchev–Trinajstić information content (AvgIpc) is 2.40. The van der Waals surface area contributed by atoms with Crippen molar-refractivity contribution in [3.63, 3.8) is 0 Å². The number of rotatable bonds is 7. The molecular weight excluding hydrogens is 222 g/mol. The number of nitrogens with one attached hydrogen (secondary N) is 1. The summed E-state index contributed by atoms with van der Waals surface area (Å²) in [6.07, 6.45) is 4.04. The van der Waals surface area contributed by atoms with E-state index in [9.17, 15) is 0 Å². The Kier molecular flexibility index (Phi) is 5.46. The quantitative estimate of drug-likeness (QED) is 0.746. The van der Waals surface area contributed by atoms with Gasteiger partial charge >= 0.3 is 0 Å². The summed E-state index contributed by atoms with van der Waals surface area (Å²) in [6, 6.07) is 1.45. The first kappa shape index (κ1) is 14.3. The molecule has 3 unspecified atom stereocenters. The largest absolute Gasteiger partial charge is 0.313 e. The minimum absolute atomic E-state index is 0.694. The molecule has 3 fully saturated rings. The molecule has 0 spiro atoms. The summed E-state index contributed by atoms with van der Waals surface area (Å²) in [7, 11) is 0. The third-order valence-electron chi connectivity index (χ3n) is 4.69. The van der Waals surface area contributed by atoms with Gasteiger partial charge in [-0.15, -0.1) is 0 Å². The van der Waals surface area contributed by atoms with Crippen LogP contribution >= 0.6 is 0 Å². The fraction of sp³-hybridized carbons (Fsp3) is 1.00. The molecule has 0 aliphatic carbocycles. The van der Waals surface area contributed by atoms with Gasteiger partial charge < -0.3 is 5.32 Å². The lowest BCUT2D eigenvalue weighted by Gasteiger charge is -2.50. The first-order valence-corrected chi connectivity index (χ1v) is 7.94. The zero-order valence-corrected chi connectivity index (χ0v) is 12.5. The van der Waals surface area contributed by atoms with E-state index in [2.05, 4.69) is 35.9 Å². The van der Waals surface area contributed by atoms with E-state index in [-0.39, 0.29) is 0 Å². The number of hydrogen-bond acceptors (Lipinski definition) is 3. The van der Waals surface area contributed by atoms with E-state index >= 15 is 0 Å². The van der Waals surface area contributed by atoms with Crippen molar-refractivity contribution in [2.24, 2.45) is 5.92 Å². The third kappa shape index (κ3) is 3.46. The average molecular weight is 253 g/mol. The van der Waals surface area contributed by atoms with Crippen LogP contribution in [-0.2, 0) is 0 Å². The van der Waals surface area contributed by atoms with Crippen molar-refractivity contribution in [1.29, 1.82) is 0 Å². The number of piperazine rings is 3. The Morgan fingerprint density at radius 1 is 1.17 bits per heavy atom. The van der Waals surface area contributed by atoms with Crippen LogP contribution in [0.2, 0.25) is 0 Å². The summed E-state index contributed by atoms with van der Waals surface area (Å²) in [5.41, 5.74) is 0. The van der Waals surface area contributed by atoms with E-state index in [1.54, 1.807) is 0 Å². The van der Waals surface area contributed by atoms with Crippen LogP contribution in [0.25, 0.3) is 0 Å². The molecule has 0 aromatic heterocycles. The fourth-order valence-corrected chi connectivity index (χ4v) is 3.72. The highest BCUT2D eigenvalue weighted by Gasteiger charge is 2.36. The lowest BCUT2D eigenvalue weighted by Crippen LogP contribution is -2.66. The maximum atomic E-state index is 3.76. The van der Waals surface area contributed by atoms with E-state index in [0.717, 1.165) is 18.5 Å². The molecule has 3 rings (SSSR count). The standard InChI is InChI=1S/C15H31N3/c1-4-6-13(3)11-14(16-5-2)15-12-17-7-9-18(15)10-8-17/h13-16H,4-12H2,1-3H3. The Balaban J connectivity index is 1.92. The Labute approximate surface area is 113 Å². The van der Waals surface area contributed by atoms with Gasteiger partial charge in [0.05, 0.1) is 0 Å². The second-order valence-corrected chi connectivity index (χ2v) is 6.20. The zero-order chi connectivity index (χ0) is 13.0. The van der Waals surface area contributed by atoms with Gasteiger partial charge in [-0.05, 0) is 18.9 Å². The van der Waals surface area contributed by atoms with Crippen LogP contribution in [-0.4, -0.2) is 61.2 Å². The Morgan fingerprint density at radius 2 is 1.89 bits per heavy atom. The molecule has 3 aliphatic rings. The van der Waals surface area contributed by atoms with Gasteiger partial charge in [-0.1, -0.05) is 33.6 Å². The number of nitrogens with zero attached hydrogens (tertiary/aromatic N) is 2. The first-order chi connectivity index (χ1) is 8.74. The van der Waals surface area contributed by atoms with Gasteiger partial charge in [-0.3, -0.25) is 9.80 Å². The molecule has 18 heavy (non-hydrogen) atoms. The van der Waals surface area contributed by atoms with Crippen LogP contribution in [0.3, 0.4) is 0 Å². The van der Waals surface area contributed by atoms with Crippen LogP contribution in [0, 0.1) is 5.92 Å².